The van der Waals surface area contributed by atoms with Crippen molar-refractivity contribution in [3.63, 3.8) is 0 Å². The second kappa shape index (κ2) is 4.55. The maximum absolute atomic E-state index is 13.0. The molecule has 0 fully saturated rings. The lowest BCUT2D eigenvalue weighted by Gasteiger charge is -2.28. The molecule has 0 unspecified atom stereocenters. The van der Waals surface area contributed by atoms with Gasteiger partial charge in [-0.05, 0) is 23.5 Å². The van der Waals surface area contributed by atoms with Crippen molar-refractivity contribution >= 4 is 11.6 Å². The molecule has 2 aromatic rings. The van der Waals surface area contributed by atoms with Crippen LogP contribution in [0.4, 0.5) is 10.3 Å². The van der Waals surface area contributed by atoms with Crippen molar-refractivity contribution < 1.29 is 4.39 Å². The Bertz CT molecular complexity index is 545. The predicted octanol–water partition coefficient (Wildman–Crippen LogP) is 2.96. The first-order valence-corrected chi connectivity index (χ1v) is 6.14. The van der Waals surface area contributed by atoms with E-state index in [4.69, 9.17) is 0 Å². The van der Waals surface area contributed by atoms with E-state index in [1.807, 2.05) is 0 Å². The Hall–Kier alpha value is -1.65. The molecule has 0 aliphatic rings. The fourth-order valence-electron chi connectivity index (χ4n) is 1.44. The molecule has 2 rings (SSSR count). The number of pyridine rings is 1. The Kier molecular flexibility index (Phi) is 3.24. The molecule has 18 heavy (non-hydrogen) atoms. The summed E-state index contributed by atoms with van der Waals surface area (Å²) >= 11 is 0. The molecule has 98 valence electrons. The standard InChI is InChI=1S/C13H19FN4/c1-9(2)13(3,4)8-15-12-16-11-6-5-10(14)7-18(11)17-12/h5-7,9H,8H2,1-4H3,(H,15,17). The third-order valence-electron chi connectivity index (χ3n) is 3.56. The quantitative estimate of drug-likeness (QED) is 0.907. The van der Waals surface area contributed by atoms with Gasteiger partial charge in [0.2, 0.25) is 5.95 Å². The van der Waals surface area contributed by atoms with E-state index in [-0.39, 0.29) is 11.2 Å². The number of hydrogen-bond donors (Lipinski definition) is 1. The lowest BCUT2D eigenvalue weighted by molar-refractivity contribution is 0.269. The maximum atomic E-state index is 13.0. The zero-order valence-corrected chi connectivity index (χ0v) is 11.2. The van der Waals surface area contributed by atoms with Crippen LogP contribution in [0.25, 0.3) is 5.65 Å². The first kappa shape index (κ1) is 12.8. The normalized spacial score (nSPS) is 12.3. The van der Waals surface area contributed by atoms with Gasteiger partial charge in [0, 0.05) is 6.54 Å². The lowest BCUT2D eigenvalue weighted by Crippen LogP contribution is -2.28. The summed E-state index contributed by atoms with van der Waals surface area (Å²) in [6.45, 7) is 9.55. The van der Waals surface area contributed by atoms with Gasteiger partial charge in [0.15, 0.2) is 5.65 Å². The van der Waals surface area contributed by atoms with Gasteiger partial charge in [0.25, 0.3) is 0 Å². The highest BCUT2D eigenvalue weighted by Gasteiger charge is 2.22. The van der Waals surface area contributed by atoms with Crippen LogP contribution in [-0.4, -0.2) is 21.1 Å². The highest BCUT2D eigenvalue weighted by Crippen LogP contribution is 2.25. The molecule has 0 bridgehead atoms. The number of nitrogens with zero attached hydrogens (tertiary/aromatic N) is 3. The van der Waals surface area contributed by atoms with Crippen molar-refractivity contribution in [3.8, 4) is 0 Å². The van der Waals surface area contributed by atoms with Crippen LogP contribution >= 0.6 is 0 Å². The van der Waals surface area contributed by atoms with E-state index in [1.54, 1.807) is 6.07 Å². The molecular formula is C13H19FN4. The van der Waals surface area contributed by atoms with E-state index in [9.17, 15) is 4.39 Å². The number of aromatic nitrogens is 3. The predicted molar refractivity (Wildman–Crippen MR) is 70.1 cm³/mol. The Labute approximate surface area is 106 Å². The molecule has 5 heteroatoms. The number of halogens is 1. The average molecular weight is 250 g/mol. The number of hydrogen-bond acceptors (Lipinski definition) is 3. The molecular weight excluding hydrogens is 231 g/mol. The smallest absolute Gasteiger partial charge is 0.243 e. The van der Waals surface area contributed by atoms with E-state index in [0.29, 0.717) is 17.5 Å². The van der Waals surface area contributed by atoms with E-state index in [2.05, 4.69) is 43.1 Å². The summed E-state index contributed by atoms with van der Waals surface area (Å²) in [6.07, 6.45) is 1.32. The Morgan fingerprint density at radius 2 is 2.11 bits per heavy atom. The summed E-state index contributed by atoms with van der Waals surface area (Å²) in [5.41, 5.74) is 0.796. The number of anilines is 1. The van der Waals surface area contributed by atoms with Crippen LogP contribution in [-0.2, 0) is 0 Å². The molecule has 0 atom stereocenters. The fraction of sp³-hybridized carbons (Fsp3) is 0.538. The molecule has 0 saturated heterocycles. The first-order valence-electron chi connectivity index (χ1n) is 6.14. The second-order valence-corrected chi connectivity index (χ2v) is 5.58. The molecule has 2 heterocycles. The van der Waals surface area contributed by atoms with Crippen LogP contribution in [0.5, 0.6) is 0 Å². The molecule has 0 saturated carbocycles. The van der Waals surface area contributed by atoms with Crippen molar-refractivity contribution in [2.45, 2.75) is 27.7 Å². The highest BCUT2D eigenvalue weighted by atomic mass is 19.1. The van der Waals surface area contributed by atoms with E-state index < -0.39 is 0 Å². The SMILES string of the molecule is CC(C)C(C)(C)CNc1nc2ccc(F)cn2n1. The average Bonchev–Trinajstić information content (AvgIpc) is 2.68. The summed E-state index contributed by atoms with van der Waals surface area (Å²) < 4.78 is 14.5. The van der Waals surface area contributed by atoms with Gasteiger partial charge in [0.05, 0.1) is 6.20 Å². The number of rotatable bonds is 4. The molecule has 1 N–H and O–H groups in total. The van der Waals surface area contributed by atoms with Crippen molar-refractivity contribution in [3.05, 3.63) is 24.1 Å². The second-order valence-electron chi connectivity index (χ2n) is 5.58. The molecule has 0 aliphatic carbocycles. The van der Waals surface area contributed by atoms with E-state index >= 15 is 0 Å². The van der Waals surface area contributed by atoms with Crippen LogP contribution in [0.15, 0.2) is 18.3 Å². The summed E-state index contributed by atoms with van der Waals surface area (Å²) in [7, 11) is 0. The van der Waals surface area contributed by atoms with Gasteiger partial charge < -0.3 is 5.32 Å². The third-order valence-corrected chi connectivity index (χ3v) is 3.56. The van der Waals surface area contributed by atoms with Gasteiger partial charge in [-0.1, -0.05) is 27.7 Å². The minimum atomic E-state index is -0.318. The minimum Gasteiger partial charge on any atom is -0.352 e. The van der Waals surface area contributed by atoms with E-state index in [1.165, 1.54) is 16.8 Å². The van der Waals surface area contributed by atoms with Crippen molar-refractivity contribution in [2.24, 2.45) is 11.3 Å². The molecule has 0 amide bonds. The topological polar surface area (TPSA) is 42.2 Å². The Morgan fingerprint density at radius 1 is 1.39 bits per heavy atom. The number of nitrogens with one attached hydrogen (secondary N) is 1. The lowest BCUT2D eigenvalue weighted by atomic mass is 9.81. The minimum absolute atomic E-state index is 0.155. The number of fused-ring (bicyclic) bond motifs is 1. The zero-order chi connectivity index (χ0) is 13.3. The van der Waals surface area contributed by atoms with Crippen LogP contribution in [0, 0.1) is 17.2 Å². The molecule has 0 spiro atoms. The summed E-state index contributed by atoms with van der Waals surface area (Å²) in [6, 6.07) is 2.99. The highest BCUT2D eigenvalue weighted by molar-refractivity contribution is 5.43. The van der Waals surface area contributed by atoms with Gasteiger partial charge >= 0.3 is 0 Å². The molecule has 2 aromatic heterocycles. The van der Waals surface area contributed by atoms with Gasteiger partial charge in [-0.15, -0.1) is 5.10 Å². The Morgan fingerprint density at radius 3 is 2.78 bits per heavy atom. The summed E-state index contributed by atoms with van der Waals surface area (Å²) in [5.74, 6) is 0.773. The van der Waals surface area contributed by atoms with Crippen LogP contribution in [0.1, 0.15) is 27.7 Å². The van der Waals surface area contributed by atoms with Crippen molar-refractivity contribution in [1.29, 1.82) is 0 Å². The van der Waals surface area contributed by atoms with Crippen molar-refractivity contribution in [1.82, 2.24) is 14.6 Å². The molecule has 0 aromatic carbocycles. The monoisotopic (exact) mass is 250 g/mol. The van der Waals surface area contributed by atoms with E-state index in [0.717, 1.165) is 6.54 Å². The molecule has 0 radical (unpaired) electrons. The van der Waals surface area contributed by atoms with Crippen molar-refractivity contribution in [2.75, 3.05) is 11.9 Å². The Balaban J connectivity index is 2.13. The van der Waals surface area contributed by atoms with Gasteiger partial charge in [-0.3, -0.25) is 0 Å². The van der Waals surface area contributed by atoms with Gasteiger partial charge in [-0.2, -0.15) is 4.98 Å². The van der Waals surface area contributed by atoms with Gasteiger partial charge in [-0.25, -0.2) is 8.91 Å². The van der Waals surface area contributed by atoms with Gasteiger partial charge in [0.1, 0.15) is 5.82 Å². The maximum Gasteiger partial charge on any atom is 0.243 e. The van der Waals surface area contributed by atoms with Crippen LogP contribution in [0.2, 0.25) is 0 Å². The fourth-order valence-corrected chi connectivity index (χ4v) is 1.44. The zero-order valence-electron chi connectivity index (χ0n) is 11.2. The third kappa shape index (κ3) is 2.60. The first-order chi connectivity index (χ1) is 8.38. The van der Waals surface area contributed by atoms with Crippen LogP contribution < -0.4 is 5.32 Å². The van der Waals surface area contributed by atoms with Crippen LogP contribution in [0.3, 0.4) is 0 Å². The summed E-state index contributed by atoms with van der Waals surface area (Å²) in [5, 5.41) is 7.40. The molecule has 4 nitrogen and oxygen atoms in total. The molecule has 0 aliphatic heterocycles. The summed E-state index contributed by atoms with van der Waals surface area (Å²) in [4.78, 5) is 4.29. The largest absolute Gasteiger partial charge is 0.352 e.